The van der Waals surface area contributed by atoms with Crippen LogP contribution in [0.25, 0.3) is 0 Å². The predicted molar refractivity (Wildman–Crippen MR) is 86.7 cm³/mol. The van der Waals surface area contributed by atoms with Crippen molar-refractivity contribution in [3.63, 3.8) is 0 Å². The Morgan fingerprint density at radius 3 is 1.90 bits per heavy atom. The van der Waals surface area contributed by atoms with E-state index in [1.165, 1.54) is 5.56 Å². The summed E-state index contributed by atoms with van der Waals surface area (Å²) in [5.74, 6) is 1.48. The molecule has 2 rings (SSSR count). The summed E-state index contributed by atoms with van der Waals surface area (Å²) in [6.07, 6.45) is 0.480. The first-order valence-corrected chi connectivity index (χ1v) is 7.59. The fourth-order valence-corrected chi connectivity index (χ4v) is 2.41. The minimum absolute atomic E-state index is 0.589. The van der Waals surface area contributed by atoms with Gasteiger partial charge < -0.3 is 9.84 Å². The van der Waals surface area contributed by atoms with Crippen molar-refractivity contribution < 1.29 is 9.84 Å². The van der Waals surface area contributed by atoms with Crippen LogP contribution in [0.5, 0.6) is 5.75 Å². The van der Waals surface area contributed by atoms with E-state index >= 15 is 0 Å². The summed E-state index contributed by atoms with van der Waals surface area (Å²) in [6.45, 7) is 7.03. The van der Waals surface area contributed by atoms with E-state index in [1.807, 2.05) is 43.3 Å². The summed E-state index contributed by atoms with van der Waals surface area (Å²) in [5.41, 5.74) is 3.12. The Kier molecular flexibility index (Phi) is 5.40. The van der Waals surface area contributed by atoms with Crippen LogP contribution < -0.4 is 4.74 Å². The van der Waals surface area contributed by atoms with Crippen LogP contribution in [0.4, 0.5) is 0 Å². The zero-order chi connectivity index (χ0) is 15.2. The first-order chi connectivity index (χ1) is 10.1. The molecule has 0 aromatic heterocycles. The van der Waals surface area contributed by atoms with Crippen LogP contribution in [0, 0.1) is 5.92 Å². The third-order valence-electron chi connectivity index (χ3n) is 3.45. The van der Waals surface area contributed by atoms with Gasteiger partial charge in [-0.25, -0.2) is 0 Å². The molecule has 2 aromatic carbocycles. The van der Waals surface area contributed by atoms with Crippen LogP contribution in [0.3, 0.4) is 0 Å². The maximum Gasteiger partial charge on any atom is 0.119 e. The van der Waals surface area contributed by atoms with E-state index in [9.17, 15) is 5.11 Å². The maximum absolute atomic E-state index is 10.4. The molecular weight excluding hydrogens is 260 g/mol. The largest absolute Gasteiger partial charge is 0.494 e. The van der Waals surface area contributed by atoms with Crippen molar-refractivity contribution in [2.24, 2.45) is 5.92 Å². The molecule has 2 aromatic rings. The number of benzene rings is 2. The molecular formula is C19H24O2. The second-order valence-electron chi connectivity index (χ2n) is 5.74. The van der Waals surface area contributed by atoms with Crippen molar-refractivity contribution in [2.75, 3.05) is 6.61 Å². The van der Waals surface area contributed by atoms with Gasteiger partial charge in [0.05, 0.1) is 6.61 Å². The van der Waals surface area contributed by atoms with Gasteiger partial charge in [-0.2, -0.15) is 0 Å². The monoisotopic (exact) mass is 284 g/mol. The van der Waals surface area contributed by atoms with Crippen molar-refractivity contribution in [3.8, 4) is 5.75 Å². The normalized spacial score (nSPS) is 12.4. The molecule has 0 aliphatic heterocycles. The minimum atomic E-state index is -0.589. The summed E-state index contributed by atoms with van der Waals surface area (Å²) in [6, 6.07) is 15.9. The number of hydrogen-bond acceptors (Lipinski definition) is 2. The van der Waals surface area contributed by atoms with Crippen LogP contribution in [-0.4, -0.2) is 11.7 Å². The Labute approximate surface area is 127 Å². The minimum Gasteiger partial charge on any atom is -0.494 e. The average Bonchev–Trinajstić information content (AvgIpc) is 2.48. The number of hydrogen-bond donors (Lipinski definition) is 1. The number of aliphatic hydroxyl groups is 1. The summed E-state index contributed by atoms with van der Waals surface area (Å²) in [7, 11) is 0. The predicted octanol–water partition coefficient (Wildman–Crippen LogP) is 4.37. The van der Waals surface area contributed by atoms with Gasteiger partial charge in [0.1, 0.15) is 11.9 Å². The number of ether oxygens (including phenoxy) is 1. The second kappa shape index (κ2) is 7.28. The molecule has 1 N–H and O–H groups in total. The lowest BCUT2D eigenvalue weighted by atomic mass is 9.97. The zero-order valence-corrected chi connectivity index (χ0v) is 13.0. The van der Waals surface area contributed by atoms with Gasteiger partial charge in [0, 0.05) is 0 Å². The van der Waals surface area contributed by atoms with Crippen LogP contribution >= 0.6 is 0 Å². The zero-order valence-electron chi connectivity index (χ0n) is 13.0. The first kappa shape index (κ1) is 15.6. The molecule has 2 nitrogen and oxygen atoms in total. The smallest absolute Gasteiger partial charge is 0.119 e. The summed E-state index contributed by atoms with van der Waals surface area (Å²) in [5, 5.41) is 10.4. The highest BCUT2D eigenvalue weighted by Crippen LogP contribution is 2.24. The van der Waals surface area contributed by atoms with Crippen molar-refractivity contribution in [1.82, 2.24) is 0 Å². The van der Waals surface area contributed by atoms with Gasteiger partial charge >= 0.3 is 0 Å². The van der Waals surface area contributed by atoms with Crippen molar-refractivity contribution in [2.45, 2.75) is 33.3 Å². The van der Waals surface area contributed by atoms with Crippen molar-refractivity contribution >= 4 is 0 Å². The van der Waals surface area contributed by atoms with E-state index in [1.54, 1.807) is 0 Å². The molecule has 0 saturated carbocycles. The van der Waals surface area contributed by atoms with Crippen molar-refractivity contribution in [3.05, 3.63) is 65.2 Å². The molecule has 0 spiro atoms. The van der Waals surface area contributed by atoms with Gasteiger partial charge in [0.25, 0.3) is 0 Å². The standard InChI is InChI=1S/C19H24O2/c1-4-21-18-11-9-17(10-12-18)19(20)16-7-5-15(6-8-16)13-14(2)3/h5-12,14,19-20H,4,13H2,1-3H3. The molecule has 112 valence electrons. The Bertz CT molecular complexity index is 541. The van der Waals surface area contributed by atoms with Crippen LogP contribution in [0.2, 0.25) is 0 Å². The second-order valence-corrected chi connectivity index (χ2v) is 5.74. The lowest BCUT2D eigenvalue weighted by Gasteiger charge is -2.13. The van der Waals surface area contributed by atoms with E-state index in [-0.39, 0.29) is 0 Å². The van der Waals surface area contributed by atoms with E-state index in [4.69, 9.17) is 4.74 Å². The van der Waals surface area contributed by atoms with Gasteiger partial charge in [0.15, 0.2) is 0 Å². The number of rotatable bonds is 6. The number of aliphatic hydroxyl groups excluding tert-OH is 1. The molecule has 0 fully saturated rings. The lowest BCUT2D eigenvalue weighted by Crippen LogP contribution is -2.01. The van der Waals surface area contributed by atoms with Gasteiger partial charge in [0.2, 0.25) is 0 Å². The van der Waals surface area contributed by atoms with E-state index in [0.29, 0.717) is 12.5 Å². The molecule has 0 amide bonds. The molecule has 0 aliphatic rings. The molecule has 1 atom stereocenters. The summed E-state index contributed by atoms with van der Waals surface area (Å²) >= 11 is 0. The third kappa shape index (κ3) is 4.33. The Balaban J connectivity index is 2.09. The highest BCUT2D eigenvalue weighted by Gasteiger charge is 2.10. The van der Waals surface area contributed by atoms with Crippen LogP contribution in [0.1, 0.15) is 43.6 Å². The molecule has 0 saturated heterocycles. The first-order valence-electron chi connectivity index (χ1n) is 7.59. The summed E-state index contributed by atoms with van der Waals surface area (Å²) in [4.78, 5) is 0. The Morgan fingerprint density at radius 2 is 1.43 bits per heavy atom. The molecule has 2 heteroatoms. The quantitative estimate of drug-likeness (QED) is 0.853. The van der Waals surface area contributed by atoms with Gasteiger partial charge in [-0.1, -0.05) is 50.2 Å². The summed E-state index contributed by atoms with van der Waals surface area (Å²) < 4.78 is 5.42. The van der Waals surface area contributed by atoms with Gasteiger partial charge in [-0.15, -0.1) is 0 Å². The van der Waals surface area contributed by atoms with Crippen LogP contribution in [-0.2, 0) is 6.42 Å². The fraction of sp³-hybridized carbons (Fsp3) is 0.368. The Hall–Kier alpha value is -1.80. The van der Waals surface area contributed by atoms with Gasteiger partial charge in [-0.05, 0) is 48.1 Å². The topological polar surface area (TPSA) is 29.5 Å². The van der Waals surface area contributed by atoms with E-state index in [2.05, 4.69) is 26.0 Å². The van der Waals surface area contributed by atoms with Gasteiger partial charge in [-0.3, -0.25) is 0 Å². The third-order valence-corrected chi connectivity index (χ3v) is 3.45. The molecule has 0 aliphatic carbocycles. The molecule has 0 heterocycles. The average molecular weight is 284 g/mol. The molecule has 0 bridgehead atoms. The van der Waals surface area contributed by atoms with Crippen molar-refractivity contribution in [1.29, 1.82) is 0 Å². The van der Waals surface area contributed by atoms with E-state index < -0.39 is 6.10 Å². The SMILES string of the molecule is CCOc1ccc(C(O)c2ccc(CC(C)C)cc2)cc1. The highest BCUT2D eigenvalue weighted by atomic mass is 16.5. The lowest BCUT2D eigenvalue weighted by molar-refractivity contribution is 0.220. The Morgan fingerprint density at radius 1 is 0.905 bits per heavy atom. The highest BCUT2D eigenvalue weighted by molar-refractivity contribution is 5.35. The fourth-order valence-electron chi connectivity index (χ4n) is 2.41. The maximum atomic E-state index is 10.4. The van der Waals surface area contributed by atoms with Crippen LogP contribution in [0.15, 0.2) is 48.5 Å². The van der Waals surface area contributed by atoms with E-state index in [0.717, 1.165) is 23.3 Å². The molecule has 1 unspecified atom stereocenters. The molecule has 21 heavy (non-hydrogen) atoms. The molecule has 0 radical (unpaired) electrons.